The molecule has 1 aromatic carbocycles. The van der Waals surface area contributed by atoms with Crippen LogP contribution in [0.15, 0.2) is 24.3 Å². The van der Waals surface area contributed by atoms with E-state index in [2.05, 4.69) is 10.2 Å². The van der Waals surface area contributed by atoms with Gasteiger partial charge in [-0.3, -0.25) is 9.69 Å². The molecular weight excluding hydrogens is 332 g/mol. The molecule has 0 unspecified atom stereocenters. The van der Waals surface area contributed by atoms with Crippen molar-refractivity contribution in [2.45, 2.75) is 44.4 Å². The van der Waals surface area contributed by atoms with Gasteiger partial charge in [0.15, 0.2) is 0 Å². The van der Waals surface area contributed by atoms with Crippen LogP contribution in [0.1, 0.15) is 41.6 Å². The van der Waals surface area contributed by atoms with Gasteiger partial charge in [-0.2, -0.15) is 0 Å². The van der Waals surface area contributed by atoms with E-state index in [4.69, 9.17) is 5.73 Å². The fourth-order valence-corrected chi connectivity index (χ4v) is 3.83. The lowest BCUT2D eigenvalue weighted by molar-refractivity contribution is 0.0291. The number of carbonyl (C=O) groups excluding carboxylic acids is 2. The van der Waals surface area contributed by atoms with E-state index >= 15 is 0 Å². The number of β-amino-alcohol motifs (C(OH)–C–C–N with tert-alkyl or cyclic N) is 1. The average molecular weight is 360 g/mol. The van der Waals surface area contributed by atoms with Gasteiger partial charge in [-0.25, -0.2) is 4.79 Å². The van der Waals surface area contributed by atoms with Gasteiger partial charge in [0.25, 0.3) is 0 Å². The number of hydrogen-bond acceptors (Lipinski definition) is 4. The van der Waals surface area contributed by atoms with Crippen LogP contribution >= 0.6 is 0 Å². The van der Waals surface area contributed by atoms with Crippen molar-refractivity contribution in [3.8, 4) is 0 Å². The Bertz CT molecular complexity index is 626. The van der Waals surface area contributed by atoms with Crippen LogP contribution in [0, 0.1) is 0 Å². The number of aliphatic hydroxyl groups is 1. The highest BCUT2D eigenvalue weighted by atomic mass is 16.3. The van der Waals surface area contributed by atoms with Crippen molar-refractivity contribution in [3.05, 3.63) is 35.4 Å². The molecule has 3 amide bonds. The number of nitrogens with two attached hydrogens (primary N) is 1. The van der Waals surface area contributed by atoms with Crippen molar-refractivity contribution in [2.24, 2.45) is 5.73 Å². The predicted octanol–water partition coefficient (Wildman–Crippen LogP) is 0.916. The largest absolute Gasteiger partial charge is 0.392 e. The number of likely N-dealkylation sites (tertiary alicyclic amines) is 2. The van der Waals surface area contributed by atoms with Gasteiger partial charge >= 0.3 is 6.03 Å². The summed E-state index contributed by atoms with van der Waals surface area (Å²) < 4.78 is 0. The Morgan fingerprint density at radius 2 is 1.81 bits per heavy atom. The zero-order chi connectivity index (χ0) is 18.5. The minimum atomic E-state index is -0.454. The van der Waals surface area contributed by atoms with Crippen molar-refractivity contribution in [3.63, 3.8) is 0 Å². The van der Waals surface area contributed by atoms with Crippen LogP contribution in [0.2, 0.25) is 0 Å². The highest BCUT2D eigenvalue weighted by Crippen LogP contribution is 2.21. The van der Waals surface area contributed by atoms with Crippen molar-refractivity contribution in [2.75, 3.05) is 26.2 Å². The molecular formula is C19H28N4O3. The Morgan fingerprint density at radius 3 is 2.42 bits per heavy atom. The molecule has 7 nitrogen and oxygen atoms in total. The van der Waals surface area contributed by atoms with E-state index in [1.54, 1.807) is 24.3 Å². The van der Waals surface area contributed by atoms with Gasteiger partial charge in [0.1, 0.15) is 0 Å². The molecule has 2 saturated heterocycles. The zero-order valence-corrected chi connectivity index (χ0v) is 15.1. The molecule has 2 fully saturated rings. The molecule has 1 atom stereocenters. The van der Waals surface area contributed by atoms with Crippen LogP contribution in [0.5, 0.6) is 0 Å². The predicted molar refractivity (Wildman–Crippen MR) is 98.6 cm³/mol. The zero-order valence-electron chi connectivity index (χ0n) is 15.1. The van der Waals surface area contributed by atoms with E-state index in [0.717, 1.165) is 57.4 Å². The van der Waals surface area contributed by atoms with Crippen LogP contribution in [0.25, 0.3) is 0 Å². The second kappa shape index (κ2) is 8.51. The van der Waals surface area contributed by atoms with Crippen molar-refractivity contribution >= 4 is 11.9 Å². The summed E-state index contributed by atoms with van der Waals surface area (Å²) in [6, 6.07) is 7.35. The van der Waals surface area contributed by atoms with Crippen LogP contribution in [0.3, 0.4) is 0 Å². The number of aliphatic hydroxyl groups excluding tert-OH is 1. The number of hydrogen-bond donors (Lipinski definition) is 3. The number of urea groups is 1. The summed E-state index contributed by atoms with van der Waals surface area (Å²) in [5.74, 6) is -0.454. The van der Waals surface area contributed by atoms with Crippen LogP contribution < -0.4 is 11.1 Å². The van der Waals surface area contributed by atoms with Gasteiger partial charge in [0, 0.05) is 37.8 Å². The molecule has 0 bridgehead atoms. The Kier molecular flexibility index (Phi) is 6.11. The number of carbonyl (C=O) groups is 2. The highest BCUT2D eigenvalue weighted by Gasteiger charge is 2.29. The summed E-state index contributed by atoms with van der Waals surface area (Å²) in [6.07, 6.45) is 3.65. The fraction of sp³-hybridized carbons (Fsp3) is 0.579. The number of nitrogens with zero attached hydrogens (tertiary/aromatic N) is 2. The standard InChI is InChI=1S/C19H28N4O3/c20-18(25)15-5-3-14(4-6-15)12-21-19(26)22-10-7-16(8-11-22)23-9-1-2-17(24)13-23/h3-6,16-17,24H,1-2,7-13H2,(H2,20,25)(H,21,26)/t17-/m1/s1. The van der Waals surface area contributed by atoms with Gasteiger partial charge < -0.3 is 21.1 Å². The number of nitrogens with one attached hydrogen (secondary N) is 1. The quantitative estimate of drug-likeness (QED) is 0.743. The molecule has 0 radical (unpaired) electrons. The molecule has 142 valence electrons. The van der Waals surface area contributed by atoms with Gasteiger partial charge in [-0.1, -0.05) is 12.1 Å². The van der Waals surface area contributed by atoms with Gasteiger partial charge in [0.2, 0.25) is 5.91 Å². The minimum Gasteiger partial charge on any atom is -0.392 e. The monoisotopic (exact) mass is 360 g/mol. The second-order valence-electron chi connectivity index (χ2n) is 7.23. The van der Waals surface area contributed by atoms with E-state index in [1.807, 2.05) is 4.90 Å². The number of piperidine rings is 2. The van der Waals surface area contributed by atoms with Gasteiger partial charge in [0.05, 0.1) is 6.10 Å². The molecule has 0 saturated carbocycles. The maximum absolute atomic E-state index is 12.4. The summed E-state index contributed by atoms with van der Waals surface area (Å²) in [5, 5.41) is 12.8. The molecule has 26 heavy (non-hydrogen) atoms. The number of benzene rings is 1. The summed E-state index contributed by atoms with van der Waals surface area (Å²) in [7, 11) is 0. The second-order valence-corrected chi connectivity index (χ2v) is 7.23. The minimum absolute atomic E-state index is 0.0545. The van der Waals surface area contributed by atoms with Crippen molar-refractivity contribution in [1.29, 1.82) is 0 Å². The first-order valence-corrected chi connectivity index (χ1v) is 9.36. The number of primary amides is 1. The Balaban J connectivity index is 1.42. The molecule has 2 aliphatic heterocycles. The van der Waals surface area contributed by atoms with E-state index in [0.29, 0.717) is 18.2 Å². The van der Waals surface area contributed by atoms with Gasteiger partial charge in [-0.05, 0) is 49.9 Å². The molecule has 2 heterocycles. The van der Waals surface area contributed by atoms with Crippen LogP contribution in [0.4, 0.5) is 4.79 Å². The topological polar surface area (TPSA) is 98.9 Å². The maximum atomic E-state index is 12.4. The number of amides is 3. The van der Waals surface area contributed by atoms with Gasteiger partial charge in [-0.15, -0.1) is 0 Å². The molecule has 7 heteroatoms. The summed E-state index contributed by atoms with van der Waals surface area (Å²) in [6.45, 7) is 3.72. The molecule has 1 aromatic rings. The third-order valence-corrected chi connectivity index (χ3v) is 5.38. The molecule has 2 aliphatic rings. The van der Waals surface area contributed by atoms with Crippen LogP contribution in [-0.2, 0) is 6.54 Å². The molecule has 0 aromatic heterocycles. The lowest BCUT2D eigenvalue weighted by Gasteiger charge is -2.41. The summed E-state index contributed by atoms with van der Waals surface area (Å²) in [5.41, 5.74) is 6.62. The van der Waals surface area contributed by atoms with E-state index < -0.39 is 5.91 Å². The Hall–Kier alpha value is -2.12. The first-order valence-electron chi connectivity index (χ1n) is 9.36. The van der Waals surface area contributed by atoms with E-state index in [-0.39, 0.29) is 12.1 Å². The maximum Gasteiger partial charge on any atom is 0.317 e. The van der Waals surface area contributed by atoms with Crippen molar-refractivity contribution in [1.82, 2.24) is 15.1 Å². The normalized spacial score (nSPS) is 22.2. The lowest BCUT2D eigenvalue weighted by atomic mass is 9.99. The molecule has 0 spiro atoms. The SMILES string of the molecule is NC(=O)c1ccc(CNC(=O)N2CCC(N3CCC[C@@H](O)C3)CC2)cc1. The average Bonchev–Trinajstić information content (AvgIpc) is 2.66. The molecule has 3 rings (SSSR count). The first-order chi connectivity index (χ1) is 12.5. The molecule has 0 aliphatic carbocycles. The Morgan fingerprint density at radius 1 is 1.12 bits per heavy atom. The summed E-state index contributed by atoms with van der Waals surface area (Å²) >= 11 is 0. The van der Waals surface area contributed by atoms with E-state index in [9.17, 15) is 14.7 Å². The third-order valence-electron chi connectivity index (χ3n) is 5.38. The Labute approximate surface area is 154 Å². The lowest BCUT2D eigenvalue weighted by Crippen LogP contribution is -2.52. The fourth-order valence-electron chi connectivity index (χ4n) is 3.83. The van der Waals surface area contributed by atoms with Crippen LogP contribution in [-0.4, -0.2) is 65.2 Å². The third kappa shape index (κ3) is 4.74. The van der Waals surface area contributed by atoms with E-state index in [1.165, 1.54) is 0 Å². The van der Waals surface area contributed by atoms with Crippen molar-refractivity contribution < 1.29 is 14.7 Å². The molecule has 4 N–H and O–H groups in total. The summed E-state index contributed by atoms with van der Waals surface area (Å²) in [4.78, 5) is 27.7. The number of rotatable bonds is 4. The highest BCUT2D eigenvalue weighted by molar-refractivity contribution is 5.92. The first kappa shape index (κ1) is 18.7. The smallest absolute Gasteiger partial charge is 0.317 e.